The summed E-state index contributed by atoms with van der Waals surface area (Å²) in [7, 11) is 0. The number of benzene rings is 2. The van der Waals surface area contributed by atoms with E-state index in [2.05, 4.69) is 43.3 Å². The third kappa shape index (κ3) is 3.56. The summed E-state index contributed by atoms with van der Waals surface area (Å²) >= 11 is 1.79. The molecule has 2 N–H and O–H groups in total. The molecular formula is C19H19NOS. The third-order valence-electron chi connectivity index (χ3n) is 3.48. The van der Waals surface area contributed by atoms with Crippen LogP contribution < -0.4 is 10.5 Å². The number of hydrogen-bond donors (Lipinski definition) is 1. The molecule has 1 heterocycles. The van der Waals surface area contributed by atoms with Crippen molar-refractivity contribution >= 4 is 11.3 Å². The molecular weight excluding hydrogens is 290 g/mol. The fourth-order valence-corrected chi connectivity index (χ4v) is 3.19. The van der Waals surface area contributed by atoms with Crippen molar-refractivity contribution in [3.8, 4) is 16.2 Å². The number of hydrogen-bond acceptors (Lipinski definition) is 3. The third-order valence-corrected chi connectivity index (χ3v) is 4.52. The van der Waals surface area contributed by atoms with Crippen molar-refractivity contribution in [2.24, 2.45) is 5.73 Å². The Bertz CT molecular complexity index is 749. The number of nitrogens with two attached hydrogens (primary N) is 1. The van der Waals surface area contributed by atoms with Gasteiger partial charge in [-0.25, -0.2) is 0 Å². The lowest BCUT2D eigenvalue weighted by Crippen LogP contribution is -1.99. The summed E-state index contributed by atoms with van der Waals surface area (Å²) in [6, 6.07) is 20.7. The van der Waals surface area contributed by atoms with Crippen LogP contribution in [-0.2, 0) is 13.2 Å². The van der Waals surface area contributed by atoms with Gasteiger partial charge in [-0.3, -0.25) is 0 Å². The van der Waals surface area contributed by atoms with Gasteiger partial charge >= 0.3 is 0 Å². The second-order valence-corrected chi connectivity index (χ2v) is 6.54. The summed E-state index contributed by atoms with van der Waals surface area (Å²) in [5, 5.41) is 0. The van der Waals surface area contributed by atoms with Gasteiger partial charge in [-0.15, -0.1) is 11.3 Å². The van der Waals surface area contributed by atoms with Gasteiger partial charge < -0.3 is 10.5 Å². The molecule has 0 amide bonds. The Balaban J connectivity index is 1.84. The van der Waals surface area contributed by atoms with Gasteiger partial charge in [0.1, 0.15) is 12.4 Å². The number of aryl methyl sites for hydroxylation is 1. The Labute approximate surface area is 135 Å². The first-order chi connectivity index (χ1) is 10.7. The number of rotatable bonds is 5. The van der Waals surface area contributed by atoms with Crippen molar-refractivity contribution in [3.05, 3.63) is 76.7 Å². The molecule has 0 saturated carbocycles. The first-order valence-corrected chi connectivity index (χ1v) is 8.14. The maximum absolute atomic E-state index is 5.95. The van der Waals surface area contributed by atoms with E-state index in [1.165, 1.54) is 15.3 Å². The zero-order valence-corrected chi connectivity index (χ0v) is 13.4. The van der Waals surface area contributed by atoms with Gasteiger partial charge in [-0.05, 0) is 53.9 Å². The smallest absolute Gasteiger partial charge is 0.120 e. The number of ether oxygens (including phenoxy) is 1. The predicted octanol–water partition coefficient (Wildman–Crippen LogP) is 4.76. The average Bonchev–Trinajstić information content (AvgIpc) is 3.00. The van der Waals surface area contributed by atoms with Crippen LogP contribution in [-0.4, -0.2) is 0 Å². The van der Waals surface area contributed by atoms with Crippen LogP contribution in [0.5, 0.6) is 5.75 Å². The standard InChI is InChI=1S/C19H19NOS/c1-14-7-8-19(22-14)17-9-16(12-20)10-18(11-17)21-13-15-5-3-2-4-6-15/h2-11H,12-13,20H2,1H3. The molecule has 0 radical (unpaired) electrons. The Morgan fingerprint density at radius 2 is 1.77 bits per heavy atom. The van der Waals surface area contributed by atoms with E-state index in [9.17, 15) is 0 Å². The van der Waals surface area contributed by atoms with E-state index in [1.54, 1.807) is 11.3 Å². The normalized spacial score (nSPS) is 10.6. The van der Waals surface area contributed by atoms with Crippen LogP contribution in [0.3, 0.4) is 0 Å². The maximum Gasteiger partial charge on any atom is 0.120 e. The van der Waals surface area contributed by atoms with Crippen molar-refractivity contribution in [2.45, 2.75) is 20.1 Å². The highest BCUT2D eigenvalue weighted by Crippen LogP contribution is 2.31. The molecule has 3 aromatic rings. The molecule has 2 aromatic carbocycles. The lowest BCUT2D eigenvalue weighted by molar-refractivity contribution is 0.306. The Kier molecular flexibility index (Phi) is 4.56. The van der Waals surface area contributed by atoms with E-state index >= 15 is 0 Å². The molecule has 1 aromatic heterocycles. The van der Waals surface area contributed by atoms with Crippen molar-refractivity contribution < 1.29 is 4.74 Å². The van der Waals surface area contributed by atoms with Gasteiger partial charge in [0.05, 0.1) is 0 Å². The van der Waals surface area contributed by atoms with Crippen molar-refractivity contribution in [2.75, 3.05) is 0 Å². The van der Waals surface area contributed by atoms with E-state index in [-0.39, 0.29) is 0 Å². The molecule has 3 rings (SSSR count). The predicted molar refractivity (Wildman–Crippen MR) is 93.2 cm³/mol. The minimum atomic E-state index is 0.514. The van der Waals surface area contributed by atoms with Gasteiger partial charge in [0.25, 0.3) is 0 Å². The lowest BCUT2D eigenvalue weighted by atomic mass is 10.1. The van der Waals surface area contributed by atoms with Crippen LogP contribution in [0, 0.1) is 6.92 Å². The monoisotopic (exact) mass is 309 g/mol. The second kappa shape index (κ2) is 6.77. The van der Waals surface area contributed by atoms with Crippen molar-refractivity contribution in [1.82, 2.24) is 0 Å². The molecule has 112 valence electrons. The van der Waals surface area contributed by atoms with Crippen LogP contribution in [0.25, 0.3) is 10.4 Å². The van der Waals surface area contributed by atoms with E-state index in [0.717, 1.165) is 16.9 Å². The molecule has 0 aliphatic heterocycles. The SMILES string of the molecule is Cc1ccc(-c2cc(CN)cc(OCc3ccccc3)c2)s1. The summed E-state index contributed by atoms with van der Waals surface area (Å²) in [6.07, 6.45) is 0. The fraction of sp³-hybridized carbons (Fsp3) is 0.158. The van der Waals surface area contributed by atoms with Gasteiger partial charge in [0.15, 0.2) is 0 Å². The van der Waals surface area contributed by atoms with Crippen molar-refractivity contribution in [3.63, 3.8) is 0 Å². The zero-order valence-electron chi connectivity index (χ0n) is 12.6. The molecule has 0 unspecified atom stereocenters. The maximum atomic E-state index is 5.95. The highest BCUT2D eigenvalue weighted by atomic mass is 32.1. The molecule has 0 bridgehead atoms. The van der Waals surface area contributed by atoms with Crippen molar-refractivity contribution in [1.29, 1.82) is 0 Å². The van der Waals surface area contributed by atoms with E-state index < -0.39 is 0 Å². The quantitative estimate of drug-likeness (QED) is 0.737. The fourth-order valence-electron chi connectivity index (χ4n) is 2.33. The molecule has 0 atom stereocenters. The molecule has 3 heteroatoms. The minimum Gasteiger partial charge on any atom is -0.489 e. The minimum absolute atomic E-state index is 0.514. The summed E-state index contributed by atoms with van der Waals surface area (Å²) in [5.41, 5.74) is 9.25. The average molecular weight is 309 g/mol. The van der Waals surface area contributed by atoms with Gasteiger partial charge in [-0.2, -0.15) is 0 Å². The van der Waals surface area contributed by atoms with Gasteiger partial charge in [0, 0.05) is 16.3 Å². The summed E-state index contributed by atoms with van der Waals surface area (Å²) < 4.78 is 5.95. The van der Waals surface area contributed by atoms with Crippen LogP contribution in [0.1, 0.15) is 16.0 Å². The Morgan fingerprint density at radius 3 is 2.45 bits per heavy atom. The van der Waals surface area contributed by atoms with E-state index in [0.29, 0.717) is 13.2 Å². The topological polar surface area (TPSA) is 35.2 Å². The highest BCUT2D eigenvalue weighted by Gasteiger charge is 2.06. The Morgan fingerprint density at radius 1 is 0.955 bits per heavy atom. The molecule has 0 fully saturated rings. The molecule has 2 nitrogen and oxygen atoms in total. The van der Waals surface area contributed by atoms with Crippen LogP contribution in [0.4, 0.5) is 0 Å². The summed E-state index contributed by atoms with van der Waals surface area (Å²) in [5.74, 6) is 0.868. The van der Waals surface area contributed by atoms with Crippen LogP contribution in [0.15, 0.2) is 60.7 Å². The van der Waals surface area contributed by atoms with Gasteiger partial charge in [0.2, 0.25) is 0 Å². The molecule has 0 spiro atoms. The summed E-state index contributed by atoms with van der Waals surface area (Å²) in [6.45, 7) is 3.20. The first kappa shape index (κ1) is 14.8. The molecule has 0 aliphatic carbocycles. The lowest BCUT2D eigenvalue weighted by Gasteiger charge is -2.10. The molecule has 22 heavy (non-hydrogen) atoms. The largest absolute Gasteiger partial charge is 0.489 e. The molecule has 0 aliphatic rings. The van der Waals surface area contributed by atoms with E-state index in [4.69, 9.17) is 10.5 Å². The number of thiophene rings is 1. The van der Waals surface area contributed by atoms with Crippen LogP contribution >= 0.6 is 11.3 Å². The summed E-state index contributed by atoms with van der Waals surface area (Å²) in [4.78, 5) is 2.55. The molecule has 0 saturated heterocycles. The van der Waals surface area contributed by atoms with Crippen LogP contribution in [0.2, 0.25) is 0 Å². The highest BCUT2D eigenvalue weighted by molar-refractivity contribution is 7.15. The Hall–Kier alpha value is -2.10. The van der Waals surface area contributed by atoms with Gasteiger partial charge in [-0.1, -0.05) is 30.3 Å². The zero-order chi connectivity index (χ0) is 15.4. The van der Waals surface area contributed by atoms with E-state index in [1.807, 2.05) is 24.3 Å². The first-order valence-electron chi connectivity index (χ1n) is 7.32. The second-order valence-electron chi connectivity index (χ2n) is 5.25.